The Hall–Kier alpha value is -0.920. The molecule has 1 nitrogen and oxygen atoms in total. The van der Waals surface area contributed by atoms with Crippen LogP contribution in [0.15, 0.2) is 40.8 Å². The Morgan fingerprint density at radius 1 is 1.12 bits per heavy atom. The van der Waals surface area contributed by atoms with Crippen molar-refractivity contribution in [1.29, 1.82) is 0 Å². The zero-order valence-electron chi connectivity index (χ0n) is 9.62. The van der Waals surface area contributed by atoms with Gasteiger partial charge in [0.05, 0.1) is 5.38 Å². The van der Waals surface area contributed by atoms with E-state index >= 15 is 0 Å². The molecule has 0 spiro atoms. The van der Waals surface area contributed by atoms with Gasteiger partial charge in [0, 0.05) is 11.4 Å². The highest BCUT2D eigenvalue weighted by Crippen LogP contribution is 2.27. The summed E-state index contributed by atoms with van der Waals surface area (Å²) < 4.78 is 5.63. The molecule has 1 aromatic heterocycles. The van der Waals surface area contributed by atoms with Gasteiger partial charge in [0.1, 0.15) is 11.5 Å². The average Bonchev–Trinajstić information content (AvgIpc) is 2.81. The van der Waals surface area contributed by atoms with E-state index < -0.39 is 0 Å². The van der Waals surface area contributed by atoms with E-state index in [0.29, 0.717) is 0 Å². The number of hydrogen-bond acceptors (Lipinski definition) is 1. The Balaban J connectivity index is 2.05. The van der Waals surface area contributed by atoms with Crippen molar-refractivity contribution < 1.29 is 4.42 Å². The second-order valence-electron chi connectivity index (χ2n) is 3.96. The molecule has 0 aliphatic rings. The van der Waals surface area contributed by atoms with Crippen molar-refractivity contribution >= 4 is 23.2 Å². The lowest BCUT2D eigenvalue weighted by molar-refractivity contribution is 0.464. The zero-order chi connectivity index (χ0) is 12.3. The first-order valence-electron chi connectivity index (χ1n) is 5.66. The largest absolute Gasteiger partial charge is 0.465 e. The molecule has 0 saturated carbocycles. The van der Waals surface area contributed by atoms with Crippen molar-refractivity contribution in [3.63, 3.8) is 0 Å². The minimum atomic E-state index is -0.128. The molecular formula is C14H14Cl2O. The molecule has 3 heteroatoms. The number of rotatable bonds is 4. The van der Waals surface area contributed by atoms with Gasteiger partial charge in [0.15, 0.2) is 0 Å². The highest BCUT2D eigenvalue weighted by atomic mass is 35.5. The third-order valence-electron chi connectivity index (χ3n) is 2.67. The Morgan fingerprint density at radius 3 is 2.41 bits per heavy atom. The summed E-state index contributed by atoms with van der Waals surface area (Å²) in [7, 11) is 0. The Labute approximate surface area is 111 Å². The van der Waals surface area contributed by atoms with E-state index in [-0.39, 0.29) is 5.38 Å². The van der Waals surface area contributed by atoms with Crippen LogP contribution in [0.2, 0.25) is 5.02 Å². The van der Waals surface area contributed by atoms with E-state index in [2.05, 4.69) is 6.92 Å². The van der Waals surface area contributed by atoms with Crippen LogP contribution in [0.4, 0.5) is 0 Å². The average molecular weight is 269 g/mol. The Kier molecular flexibility index (Phi) is 4.14. The van der Waals surface area contributed by atoms with Crippen LogP contribution >= 0.6 is 23.2 Å². The molecule has 2 aromatic rings. The van der Waals surface area contributed by atoms with Crippen molar-refractivity contribution in [2.24, 2.45) is 0 Å². The third-order valence-corrected chi connectivity index (χ3v) is 3.29. The van der Waals surface area contributed by atoms with Crippen molar-refractivity contribution in [2.75, 3.05) is 0 Å². The maximum atomic E-state index is 6.32. The minimum absolute atomic E-state index is 0.128. The van der Waals surface area contributed by atoms with Gasteiger partial charge in [-0.3, -0.25) is 0 Å². The summed E-state index contributed by atoms with van der Waals surface area (Å²) in [6.45, 7) is 2.06. The van der Waals surface area contributed by atoms with E-state index in [1.165, 1.54) is 0 Å². The van der Waals surface area contributed by atoms with Crippen LogP contribution < -0.4 is 0 Å². The zero-order valence-corrected chi connectivity index (χ0v) is 11.1. The molecule has 0 radical (unpaired) electrons. The fourth-order valence-electron chi connectivity index (χ4n) is 1.68. The molecule has 90 valence electrons. The van der Waals surface area contributed by atoms with E-state index in [0.717, 1.165) is 34.9 Å². The molecule has 0 aliphatic carbocycles. The van der Waals surface area contributed by atoms with Gasteiger partial charge in [-0.15, -0.1) is 11.6 Å². The summed E-state index contributed by atoms with van der Waals surface area (Å²) >= 11 is 12.2. The van der Waals surface area contributed by atoms with Crippen LogP contribution in [0, 0.1) is 0 Å². The monoisotopic (exact) mass is 268 g/mol. The number of hydrogen-bond donors (Lipinski definition) is 0. The van der Waals surface area contributed by atoms with Crippen LogP contribution in [-0.4, -0.2) is 0 Å². The molecule has 0 amide bonds. The quantitative estimate of drug-likeness (QED) is 0.710. The molecule has 1 heterocycles. The van der Waals surface area contributed by atoms with Gasteiger partial charge in [-0.1, -0.05) is 30.7 Å². The van der Waals surface area contributed by atoms with Crippen LogP contribution in [0.3, 0.4) is 0 Å². The SMILES string of the molecule is CCc1ccc(C(Cl)Cc2ccc(Cl)cc2)o1. The minimum Gasteiger partial charge on any atom is -0.465 e. The second-order valence-corrected chi connectivity index (χ2v) is 4.92. The summed E-state index contributed by atoms with van der Waals surface area (Å²) in [5.41, 5.74) is 1.16. The summed E-state index contributed by atoms with van der Waals surface area (Å²) in [6.07, 6.45) is 1.64. The van der Waals surface area contributed by atoms with Gasteiger partial charge < -0.3 is 4.42 Å². The predicted molar refractivity (Wildman–Crippen MR) is 71.8 cm³/mol. The highest BCUT2D eigenvalue weighted by Gasteiger charge is 2.13. The molecule has 1 unspecified atom stereocenters. The summed E-state index contributed by atoms with van der Waals surface area (Å²) in [5, 5.41) is 0.614. The topological polar surface area (TPSA) is 13.1 Å². The molecule has 0 bridgehead atoms. The first kappa shape index (κ1) is 12.5. The van der Waals surface area contributed by atoms with Crippen molar-refractivity contribution in [1.82, 2.24) is 0 Å². The predicted octanol–water partition coefficient (Wildman–Crippen LogP) is 5.02. The third kappa shape index (κ3) is 3.27. The smallest absolute Gasteiger partial charge is 0.122 e. The second kappa shape index (κ2) is 5.61. The molecule has 17 heavy (non-hydrogen) atoms. The summed E-state index contributed by atoms with van der Waals surface area (Å²) in [5.74, 6) is 1.81. The molecule has 2 rings (SSSR count). The lowest BCUT2D eigenvalue weighted by Crippen LogP contribution is -1.94. The molecule has 0 N–H and O–H groups in total. The first-order valence-corrected chi connectivity index (χ1v) is 6.47. The normalized spacial score (nSPS) is 12.6. The van der Waals surface area contributed by atoms with E-state index in [4.69, 9.17) is 27.6 Å². The molecular weight excluding hydrogens is 255 g/mol. The maximum absolute atomic E-state index is 6.32. The van der Waals surface area contributed by atoms with Crippen LogP contribution in [-0.2, 0) is 12.8 Å². The molecule has 0 saturated heterocycles. The van der Waals surface area contributed by atoms with Gasteiger partial charge in [-0.05, 0) is 36.2 Å². The Bertz CT molecular complexity index is 473. The van der Waals surface area contributed by atoms with Gasteiger partial charge in [-0.25, -0.2) is 0 Å². The van der Waals surface area contributed by atoms with E-state index in [1.54, 1.807) is 0 Å². The number of benzene rings is 1. The summed E-state index contributed by atoms with van der Waals surface area (Å²) in [4.78, 5) is 0. The van der Waals surface area contributed by atoms with Crippen molar-refractivity contribution in [3.05, 3.63) is 58.5 Å². The summed E-state index contributed by atoms with van der Waals surface area (Å²) in [6, 6.07) is 11.7. The number of halogens is 2. The lowest BCUT2D eigenvalue weighted by atomic mass is 10.1. The van der Waals surface area contributed by atoms with E-state index in [9.17, 15) is 0 Å². The molecule has 0 aliphatic heterocycles. The fourth-order valence-corrected chi connectivity index (χ4v) is 2.10. The molecule has 1 atom stereocenters. The number of alkyl halides is 1. The van der Waals surface area contributed by atoms with Crippen molar-refractivity contribution in [2.45, 2.75) is 25.1 Å². The molecule has 0 fully saturated rings. The van der Waals surface area contributed by atoms with Gasteiger partial charge in [0.25, 0.3) is 0 Å². The van der Waals surface area contributed by atoms with Gasteiger partial charge >= 0.3 is 0 Å². The number of aryl methyl sites for hydroxylation is 1. The number of furan rings is 1. The van der Waals surface area contributed by atoms with Gasteiger partial charge in [-0.2, -0.15) is 0 Å². The lowest BCUT2D eigenvalue weighted by Gasteiger charge is -2.06. The van der Waals surface area contributed by atoms with Crippen LogP contribution in [0.5, 0.6) is 0 Å². The standard InChI is InChI=1S/C14H14Cl2O/c1-2-12-7-8-14(17-12)13(16)9-10-3-5-11(15)6-4-10/h3-8,13H,2,9H2,1H3. The first-order chi connectivity index (χ1) is 8.19. The van der Waals surface area contributed by atoms with Crippen LogP contribution in [0.25, 0.3) is 0 Å². The van der Waals surface area contributed by atoms with Gasteiger partial charge in [0.2, 0.25) is 0 Å². The Morgan fingerprint density at radius 2 is 1.82 bits per heavy atom. The maximum Gasteiger partial charge on any atom is 0.122 e. The van der Waals surface area contributed by atoms with Crippen LogP contribution in [0.1, 0.15) is 29.4 Å². The van der Waals surface area contributed by atoms with Crippen molar-refractivity contribution in [3.8, 4) is 0 Å². The molecule has 1 aromatic carbocycles. The fraction of sp³-hybridized carbons (Fsp3) is 0.286. The highest BCUT2D eigenvalue weighted by molar-refractivity contribution is 6.30. The van der Waals surface area contributed by atoms with E-state index in [1.807, 2.05) is 36.4 Å².